The van der Waals surface area contributed by atoms with Gasteiger partial charge in [-0.2, -0.15) is 0 Å². The molecule has 26 heavy (non-hydrogen) atoms. The molecule has 0 atom stereocenters. The molecule has 0 fully saturated rings. The first kappa shape index (κ1) is 19.8. The van der Waals surface area contributed by atoms with Gasteiger partial charge in [0.2, 0.25) is 0 Å². The van der Waals surface area contributed by atoms with Crippen molar-refractivity contribution in [3.63, 3.8) is 0 Å². The molecule has 0 aromatic heterocycles. The van der Waals surface area contributed by atoms with Crippen LogP contribution in [-0.4, -0.2) is 0 Å². The van der Waals surface area contributed by atoms with E-state index >= 15 is 0 Å². The molecule has 3 aromatic rings. The fourth-order valence-electron chi connectivity index (χ4n) is 2.42. The maximum Gasteiger partial charge on any atom is 0.0259 e. The lowest BCUT2D eigenvalue weighted by molar-refractivity contribution is 1.52. The second-order valence-corrected chi connectivity index (χ2v) is 9.02. The number of hydrogen-bond donors (Lipinski definition) is 0. The molecule has 0 radical (unpaired) electrons. The SMILES string of the molecule is Brc1ccccc1/C=C\c1cc(/C=C\c2ccccc2Br)c(Br)cc1Br. The predicted octanol–water partition coefficient (Wildman–Crippen LogP) is 9.08. The quantitative estimate of drug-likeness (QED) is 0.263. The third kappa shape index (κ3) is 5.07. The summed E-state index contributed by atoms with van der Waals surface area (Å²) in [7, 11) is 0. The van der Waals surface area contributed by atoms with Gasteiger partial charge in [0.15, 0.2) is 0 Å². The maximum absolute atomic E-state index is 3.66. The van der Waals surface area contributed by atoms with Crippen molar-refractivity contribution >= 4 is 88.0 Å². The number of hydrogen-bond acceptors (Lipinski definition) is 0. The molecule has 0 nitrogen and oxygen atoms in total. The van der Waals surface area contributed by atoms with Gasteiger partial charge in [-0.25, -0.2) is 0 Å². The molecule has 3 aromatic carbocycles. The topological polar surface area (TPSA) is 0 Å². The van der Waals surface area contributed by atoms with Crippen LogP contribution in [0.4, 0.5) is 0 Å². The highest BCUT2D eigenvalue weighted by Gasteiger charge is 2.04. The molecule has 130 valence electrons. The van der Waals surface area contributed by atoms with Gasteiger partial charge in [0.25, 0.3) is 0 Å². The second kappa shape index (κ2) is 9.32. The van der Waals surface area contributed by atoms with Gasteiger partial charge >= 0.3 is 0 Å². The van der Waals surface area contributed by atoms with Gasteiger partial charge in [0.1, 0.15) is 0 Å². The normalized spacial score (nSPS) is 11.5. The van der Waals surface area contributed by atoms with Crippen molar-refractivity contribution in [2.75, 3.05) is 0 Å². The molecule has 4 heteroatoms. The van der Waals surface area contributed by atoms with E-state index in [0.29, 0.717) is 0 Å². The van der Waals surface area contributed by atoms with Gasteiger partial charge in [0.05, 0.1) is 0 Å². The molecule has 0 N–H and O–H groups in total. The Morgan fingerprint density at radius 1 is 0.423 bits per heavy atom. The van der Waals surface area contributed by atoms with E-state index in [4.69, 9.17) is 0 Å². The summed E-state index contributed by atoms with van der Waals surface area (Å²) in [6.07, 6.45) is 8.46. The highest BCUT2D eigenvalue weighted by atomic mass is 79.9. The van der Waals surface area contributed by atoms with Crippen LogP contribution >= 0.6 is 63.7 Å². The number of rotatable bonds is 4. The molecule has 0 saturated carbocycles. The Kier molecular flexibility index (Phi) is 7.10. The Morgan fingerprint density at radius 3 is 1.23 bits per heavy atom. The van der Waals surface area contributed by atoms with Gasteiger partial charge in [-0.15, -0.1) is 0 Å². The number of halogens is 4. The largest absolute Gasteiger partial charge is 0.0616 e. The fraction of sp³-hybridized carbons (Fsp3) is 0. The predicted molar refractivity (Wildman–Crippen MR) is 128 cm³/mol. The van der Waals surface area contributed by atoms with Crippen LogP contribution in [0, 0.1) is 0 Å². The molecule has 0 spiro atoms. The van der Waals surface area contributed by atoms with Crippen LogP contribution in [0.3, 0.4) is 0 Å². The smallest absolute Gasteiger partial charge is 0.0259 e. The summed E-state index contributed by atoms with van der Waals surface area (Å²) in [6, 6.07) is 20.6. The first-order chi connectivity index (χ1) is 12.5. The summed E-state index contributed by atoms with van der Waals surface area (Å²) in [4.78, 5) is 0. The second-order valence-electron chi connectivity index (χ2n) is 5.60. The molecule has 0 heterocycles. The zero-order valence-corrected chi connectivity index (χ0v) is 19.9. The molecule has 0 aliphatic heterocycles. The minimum absolute atomic E-state index is 1.05. The summed E-state index contributed by atoms with van der Waals surface area (Å²) in [5.41, 5.74) is 4.53. The zero-order valence-electron chi connectivity index (χ0n) is 13.6. The standard InChI is InChI=1S/C22H14Br4/c23-19-7-3-1-5-15(19)9-11-17-13-18(22(26)14-21(17)25)12-10-16-6-2-4-8-20(16)24/h1-14H/b11-9-,12-10-. The molecule has 0 saturated heterocycles. The lowest BCUT2D eigenvalue weighted by Gasteiger charge is -2.06. The molecular weight excluding hydrogens is 584 g/mol. The Balaban J connectivity index is 1.92. The molecule has 0 aliphatic carbocycles. The van der Waals surface area contributed by atoms with Crippen molar-refractivity contribution < 1.29 is 0 Å². The Morgan fingerprint density at radius 2 is 0.808 bits per heavy atom. The van der Waals surface area contributed by atoms with Crippen molar-refractivity contribution in [2.45, 2.75) is 0 Å². The fourth-order valence-corrected chi connectivity index (χ4v) is 4.51. The summed E-state index contributed by atoms with van der Waals surface area (Å²) in [5, 5.41) is 0. The minimum atomic E-state index is 1.05. The Bertz CT molecular complexity index is 910. The van der Waals surface area contributed by atoms with E-state index in [1.807, 2.05) is 36.4 Å². The van der Waals surface area contributed by atoms with Crippen molar-refractivity contribution in [2.24, 2.45) is 0 Å². The summed E-state index contributed by atoms with van der Waals surface area (Å²) >= 11 is 14.5. The van der Waals surface area contributed by atoms with Gasteiger partial charge in [-0.1, -0.05) is 124 Å². The number of benzene rings is 3. The molecule has 3 rings (SSSR count). The Labute approximate surface area is 187 Å². The molecule has 0 unspecified atom stereocenters. The van der Waals surface area contributed by atoms with E-state index in [0.717, 1.165) is 40.1 Å². The van der Waals surface area contributed by atoms with E-state index < -0.39 is 0 Å². The van der Waals surface area contributed by atoms with Crippen LogP contribution in [0.1, 0.15) is 22.3 Å². The first-order valence-electron chi connectivity index (χ1n) is 7.89. The first-order valence-corrected chi connectivity index (χ1v) is 11.1. The van der Waals surface area contributed by atoms with Crippen molar-refractivity contribution in [3.8, 4) is 0 Å². The minimum Gasteiger partial charge on any atom is -0.0616 e. The zero-order chi connectivity index (χ0) is 18.5. The van der Waals surface area contributed by atoms with Gasteiger partial charge in [-0.05, 0) is 46.5 Å². The third-order valence-electron chi connectivity index (χ3n) is 3.81. The molecule has 0 bridgehead atoms. The average molecular weight is 598 g/mol. The average Bonchev–Trinajstić information content (AvgIpc) is 2.62. The van der Waals surface area contributed by atoms with Crippen molar-refractivity contribution in [3.05, 3.63) is 101 Å². The highest BCUT2D eigenvalue weighted by molar-refractivity contribution is 9.11. The van der Waals surface area contributed by atoms with Crippen LogP contribution < -0.4 is 0 Å². The van der Waals surface area contributed by atoms with Crippen LogP contribution in [0.2, 0.25) is 0 Å². The monoisotopic (exact) mass is 594 g/mol. The van der Waals surface area contributed by atoms with E-state index in [2.05, 4.69) is 112 Å². The van der Waals surface area contributed by atoms with Crippen molar-refractivity contribution in [1.29, 1.82) is 0 Å². The van der Waals surface area contributed by atoms with Crippen molar-refractivity contribution in [1.82, 2.24) is 0 Å². The molecule has 0 amide bonds. The van der Waals surface area contributed by atoms with Gasteiger partial charge in [-0.3, -0.25) is 0 Å². The van der Waals surface area contributed by atoms with Crippen LogP contribution in [0.25, 0.3) is 24.3 Å². The van der Waals surface area contributed by atoms with E-state index in [1.54, 1.807) is 0 Å². The van der Waals surface area contributed by atoms with Crippen LogP contribution in [-0.2, 0) is 0 Å². The van der Waals surface area contributed by atoms with Crippen LogP contribution in [0.5, 0.6) is 0 Å². The van der Waals surface area contributed by atoms with E-state index in [-0.39, 0.29) is 0 Å². The molecule has 0 aliphatic rings. The third-order valence-corrected chi connectivity index (χ3v) is 6.63. The summed E-state index contributed by atoms with van der Waals surface area (Å²) in [6.45, 7) is 0. The van der Waals surface area contributed by atoms with Crippen LogP contribution in [0.15, 0.2) is 78.6 Å². The van der Waals surface area contributed by atoms with Gasteiger partial charge < -0.3 is 0 Å². The highest BCUT2D eigenvalue weighted by Crippen LogP contribution is 2.30. The lowest BCUT2D eigenvalue weighted by atomic mass is 10.1. The van der Waals surface area contributed by atoms with Gasteiger partial charge in [0, 0.05) is 17.9 Å². The Hall–Kier alpha value is -0.940. The molecular formula is C22H14Br4. The van der Waals surface area contributed by atoms with E-state index in [9.17, 15) is 0 Å². The lowest BCUT2D eigenvalue weighted by Crippen LogP contribution is -1.83. The summed E-state index contributed by atoms with van der Waals surface area (Å²) in [5.74, 6) is 0. The maximum atomic E-state index is 3.66. The van der Waals surface area contributed by atoms with E-state index in [1.165, 1.54) is 0 Å². The summed E-state index contributed by atoms with van der Waals surface area (Å²) < 4.78 is 4.26.